The highest BCUT2D eigenvalue weighted by molar-refractivity contribution is 5.89. The Hall–Kier alpha value is -4.58. The largest absolute Gasteiger partial charge is 0.478 e. The third kappa shape index (κ3) is 8.28. The predicted octanol–water partition coefficient (Wildman–Crippen LogP) is 3.50. The van der Waals surface area contributed by atoms with Crippen LogP contribution in [0.2, 0.25) is 0 Å². The highest BCUT2D eigenvalue weighted by Crippen LogP contribution is 2.30. The fourth-order valence-electron chi connectivity index (χ4n) is 6.56. The second kappa shape index (κ2) is 14.7. The number of piperidine rings is 1. The molecular formula is C36H48N8O4. The molecule has 2 saturated heterocycles. The van der Waals surface area contributed by atoms with E-state index in [1.165, 1.54) is 0 Å². The van der Waals surface area contributed by atoms with Crippen molar-refractivity contribution in [3.05, 3.63) is 66.5 Å². The van der Waals surface area contributed by atoms with E-state index in [2.05, 4.69) is 50.0 Å². The number of nitrogens with zero attached hydrogens (tertiary/aromatic N) is 4. The molecule has 48 heavy (non-hydrogen) atoms. The van der Waals surface area contributed by atoms with Gasteiger partial charge in [0.15, 0.2) is 5.60 Å². The molecule has 3 aromatic rings. The number of urea groups is 1. The molecule has 1 aromatic heterocycles. The minimum absolute atomic E-state index is 0.0102. The molecule has 5 N–H and O–H groups in total. The van der Waals surface area contributed by atoms with Gasteiger partial charge < -0.3 is 35.8 Å². The van der Waals surface area contributed by atoms with Gasteiger partial charge in [0.25, 0.3) is 5.91 Å². The van der Waals surface area contributed by atoms with E-state index in [0.29, 0.717) is 44.4 Å². The third-order valence-electron chi connectivity index (χ3n) is 9.61. The maximum Gasteiger partial charge on any atom is 0.318 e. The number of hydrogen-bond donors (Lipinski definition) is 4. The monoisotopic (exact) mass is 656 g/mol. The van der Waals surface area contributed by atoms with Gasteiger partial charge >= 0.3 is 6.03 Å². The highest BCUT2D eigenvalue weighted by Gasteiger charge is 2.35. The van der Waals surface area contributed by atoms with Crippen molar-refractivity contribution in [3.8, 4) is 16.9 Å². The molecule has 3 heterocycles. The topological polar surface area (TPSA) is 149 Å². The number of rotatable bonds is 12. The van der Waals surface area contributed by atoms with E-state index >= 15 is 0 Å². The first-order valence-corrected chi connectivity index (χ1v) is 17.1. The Morgan fingerprint density at radius 2 is 1.85 bits per heavy atom. The van der Waals surface area contributed by atoms with Crippen LogP contribution in [-0.2, 0) is 16.1 Å². The van der Waals surface area contributed by atoms with Gasteiger partial charge in [0.2, 0.25) is 5.91 Å². The summed E-state index contributed by atoms with van der Waals surface area (Å²) in [5, 5.41) is 13.0. The van der Waals surface area contributed by atoms with Crippen molar-refractivity contribution < 1.29 is 19.1 Å². The first-order chi connectivity index (χ1) is 23.2. The number of benzene rings is 2. The molecule has 0 spiro atoms. The number of hydrogen-bond acceptors (Lipinski definition) is 7. The zero-order valence-corrected chi connectivity index (χ0v) is 28.0. The molecule has 0 radical (unpaired) electrons. The second-order valence-electron chi connectivity index (χ2n) is 13.8. The number of nitrogens with one attached hydrogen (secondary N) is 3. The fourth-order valence-corrected chi connectivity index (χ4v) is 6.56. The number of amides is 4. The van der Waals surface area contributed by atoms with Crippen LogP contribution < -0.4 is 26.0 Å². The van der Waals surface area contributed by atoms with Crippen LogP contribution in [0.5, 0.6) is 5.75 Å². The van der Waals surface area contributed by atoms with Gasteiger partial charge in [-0.15, -0.1) is 0 Å². The Morgan fingerprint density at radius 3 is 2.56 bits per heavy atom. The van der Waals surface area contributed by atoms with Gasteiger partial charge in [0, 0.05) is 68.3 Å². The minimum Gasteiger partial charge on any atom is -0.478 e. The van der Waals surface area contributed by atoms with Crippen LogP contribution in [-0.4, -0.2) is 94.8 Å². The number of aromatic nitrogens is 2. The summed E-state index contributed by atoms with van der Waals surface area (Å²) in [5.41, 5.74) is 8.75. The number of anilines is 1. The Labute approximate surface area is 282 Å². The molecule has 1 aliphatic carbocycles. The van der Waals surface area contributed by atoms with E-state index in [1.54, 1.807) is 24.9 Å². The van der Waals surface area contributed by atoms with Gasteiger partial charge in [-0.3, -0.25) is 14.7 Å². The van der Waals surface area contributed by atoms with Crippen LogP contribution in [0, 0.1) is 5.92 Å². The molecule has 2 atom stereocenters. The Kier molecular flexibility index (Phi) is 10.2. The van der Waals surface area contributed by atoms with Crippen molar-refractivity contribution in [2.45, 2.75) is 70.2 Å². The van der Waals surface area contributed by atoms with Crippen LogP contribution in [0.15, 0.2) is 60.9 Å². The average Bonchev–Trinajstić information content (AvgIpc) is 3.55. The summed E-state index contributed by atoms with van der Waals surface area (Å²) in [4.78, 5) is 45.2. The van der Waals surface area contributed by atoms with Crippen molar-refractivity contribution in [1.82, 2.24) is 30.6 Å². The lowest BCUT2D eigenvalue weighted by Gasteiger charge is -2.36. The number of aromatic amines is 1. The van der Waals surface area contributed by atoms with E-state index < -0.39 is 5.60 Å². The summed E-state index contributed by atoms with van der Waals surface area (Å²) in [7, 11) is 0. The Bertz CT molecular complexity index is 1560. The van der Waals surface area contributed by atoms with Crippen LogP contribution in [0.4, 0.5) is 10.5 Å². The number of carbonyl (C=O) groups is 3. The molecule has 12 heteroatoms. The second-order valence-corrected chi connectivity index (χ2v) is 13.8. The molecule has 2 aliphatic heterocycles. The first kappa shape index (κ1) is 33.3. The van der Waals surface area contributed by atoms with Gasteiger partial charge in [-0.05, 0) is 81.7 Å². The van der Waals surface area contributed by atoms with Gasteiger partial charge in [-0.1, -0.05) is 30.3 Å². The maximum absolute atomic E-state index is 13.6. The zero-order valence-electron chi connectivity index (χ0n) is 28.0. The van der Waals surface area contributed by atoms with E-state index in [-0.39, 0.29) is 36.5 Å². The molecule has 2 aromatic carbocycles. The SMILES string of the molecule is CC(C)(Oc1cccc(N2CCC[C@@H](NC(=O)N(Cc3ccc(-c4cn[nH]c4)cc3)C3CC3)C2)c1)C(=O)NCC(=O)N1CC[C@@H](CN)C1. The molecule has 0 unspecified atom stereocenters. The van der Waals surface area contributed by atoms with Gasteiger partial charge in [0.05, 0.1) is 12.7 Å². The van der Waals surface area contributed by atoms with Crippen molar-refractivity contribution in [1.29, 1.82) is 0 Å². The number of nitrogens with two attached hydrogens (primary N) is 1. The molecule has 6 rings (SSSR count). The first-order valence-electron chi connectivity index (χ1n) is 17.1. The fraction of sp³-hybridized carbons (Fsp3) is 0.500. The number of carbonyl (C=O) groups excluding carboxylic acids is 3. The van der Waals surface area contributed by atoms with E-state index in [0.717, 1.165) is 61.0 Å². The van der Waals surface area contributed by atoms with E-state index in [1.807, 2.05) is 35.4 Å². The molecular weight excluding hydrogens is 608 g/mol. The summed E-state index contributed by atoms with van der Waals surface area (Å²) < 4.78 is 6.17. The third-order valence-corrected chi connectivity index (χ3v) is 9.61. The predicted molar refractivity (Wildman–Crippen MR) is 184 cm³/mol. The van der Waals surface area contributed by atoms with E-state index in [4.69, 9.17) is 10.5 Å². The number of H-pyrrole nitrogens is 1. The van der Waals surface area contributed by atoms with Crippen LogP contribution in [0.1, 0.15) is 51.5 Å². The minimum atomic E-state index is -1.19. The molecule has 0 bridgehead atoms. The maximum atomic E-state index is 13.6. The summed E-state index contributed by atoms with van der Waals surface area (Å²) >= 11 is 0. The van der Waals surface area contributed by atoms with Gasteiger partial charge in [-0.2, -0.15) is 5.10 Å². The lowest BCUT2D eigenvalue weighted by atomic mass is 10.0. The van der Waals surface area contributed by atoms with Crippen molar-refractivity contribution in [2.24, 2.45) is 11.7 Å². The summed E-state index contributed by atoms with van der Waals surface area (Å²) in [6.45, 7) is 7.32. The van der Waals surface area contributed by atoms with Gasteiger partial charge in [0.1, 0.15) is 5.75 Å². The molecule has 256 valence electrons. The normalized spacial score (nSPS) is 19.6. The molecule has 3 fully saturated rings. The lowest BCUT2D eigenvalue weighted by Crippen LogP contribution is -2.52. The molecule has 3 aliphatic rings. The van der Waals surface area contributed by atoms with Crippen molar-refractivity contribution in [2.75, 3.05) is 44.2 Å². The standard InChI is InChI=1S/C36H48N8O4/c1-36(2,34(46)38-21-33(45)43-16-14-26(18-37)22-43)48-32-7-3-6-31(17-32)42-15-4-5-29(24-42)41-35(47)44(30-12-13-30)23-25-8-10-27(11-9-25)28-19-39-40-20-28/h3,6-11,17,19-20,26,29-30H,4-5,12-16,18,21-24,37H2,1-2H3,(H,38,46)(H,39,40)(H,41,47)/t26-,29+/m0/s1. The number of ether oxygens (including phenoxy) is 1. The Morgan fingerprint density at radius 1 is 1.04 bits per heavy atom. The lowest BCUT2D eigenvalue weighted by molar-refractivity contribution is -0.138. The van der Waals surface area contributed by atoms with Crippen LogP contribution in [0.25, 0.3) is 11.1 Å². The van der Waals surface area contributed by atoms with Crippen LogP contribution >= 0.6 is 0 Å². The van der Waals surface area contributed by atoms with Crippen molar-refractivity contribution >= 4 is 23.5 Å². The van der Waals surface area contributed by atoms with Crippen molar-refractivity contribution in [3.63, 3.8) is 0 Å². The smallest absolute Gasteiger partial charge is 0.318 e. The molecule has 12 nitrogen and oxygen atoms in total. The number of likely N-dealkylation sites (tertiary alicyclic amines) is 1. The van der Waals surface area contributed by atoms with E-state index in [9.17, 15) is 14.4 Å². The molecule has 4 amide bonds. The van der Waals surface area contributed by atoms with Gasteiger partial charge in [-0.25, -0.2) is 4.79 Å². The summed E-state index contributed by atoms with van der Waals surface area (Å²) in [6, 6.07) is 16.3. The highest BCUT2D eigenvalue weighted by atomic mass is 16.5. The quantitative estimate of drug-likeness (QED) is 0.233. The zero-order chi connectivity index (χ0) is 33.7. The summed E-state index contributed by atoms with van der Waals surface area (Å²) in [6.07, 6.45) is 8.48. The Balaban J connectivity index is 1.01. The summed E-state index contributed by atoms with van der Waals surface area (Å²) in [5.74, 6) is 0.424. The molecule has 1 saturated carbocycles. The van der Waals surface area contributed by atoms with Crippen LogP contribution in [0.3, 0.4) is 0 Å². The average molecular weight is 657 g/mol.